The van der Waals surface area contributed by atoms with Gasteiger partial charge in [-0.2, -0.15) is 0 Å². The normalized spacial score (nSPS) is 22.8. The number of aryl methyl sites for hydroxylation is 1. The maximum Gasteiger partial charge on any atom is 0.220 e. The zero-order valence-corrected chi connectivity index (χ0v) is 14.5. The number of aromatic nitrogens is 1. The van der Waals surface area contributed by atoms with Crippen LogP contribution in [0.25, 0.3) is 0 Å². The summed E-state index contributed by atoms with van der Waals surface area (Å²) in [6.45, 7) is 0. The molecule has 26 heavy (non-hydrogen) atoms. The van der Waals surface area contributed by atoms with E-state index in [0.717, 1.165) is 5.56 Å². The van der Waals surface area contributed by atoms with E-state index < -0.39 is 5.60 Å². The minimum atomic E-state index is -1.01. The van der Waals surface area contributed by atoms with Gasteiger partial charge in [-0.3, -0.25) is 9.78 Å². The quantitative estimate of drug-likeness (QED) is 0.768. The molecule has 1 saturated carbocycles. The second kappa shape index (κ2) is 7.83. The fourth-order valence-electron chi connectivity index (χ4n) is 3.37. The summed E-state index contributed by atoms with van der Waals surface area (Å²) in [5.41, 5.74) is 0.470. The molecule has 1 fully saturated rings. The summed E-state index contributed by atoms with van der Waals surface area (Å²) in [5, 5.41) is 23.1. The Morgan fingerprint density at radius 1 is 1.19 bits per heavy atom. The minimum Gasteiger partial charge on any atom is -0.506 e. The summed E-state index contributed by atoms with van der Waals surface area (Å²) >= 11 is 0. The molecule has 1 heterocycles. The number of hydrogen-bond donors (Lipinski definition) is 3. The number of amides is 1. The van der Waals surface area contributed by atoms with Gasteiger partial charge in [0.2, 0.25) is 5.91 Å². The van der Waals surface area contributed by atoms with Crippen molar-refractivity contribution >= 4 is 5.91 Å². The Morgan fingerprint density at radius 3 is 2.50 bits per heavy atom. The van der Waals surface area contributed by atoms with Gasteiger partial charge in [-0.25, -0.2) is 4.39 Å². The number of pyridine rings is 1. The molecular weight excluding hydrogens is 335 g/mol. The van der Waals surface area contributed by atoms with Crippen LogP contribution >= 0.6 is 0 Å². The van der Waals surface area contributed by atoms with Gasteiger partial charge in [0.05, 0.1) is 11.9 Å². The zero-order valence-electron chi connectivity index (χ0n) is 14.5. The zero-order chi connectivity index (χ0) is 18.6. The monoisotopic (exact) mass is 358 g/mol. The molecule has 0 unspecified atom stereocenters. The molecule has 5 nitrogen and oxygen atoms in total. The lowest BCUT2D eigenvalue weighted by Gasteiger charge is -2.35. The molecule has 3 rings (SSSR count). The molecule has 2 aromatic rings. The lowest BCUT2D eigenvalue weighted by Crippen LogP contribution is -2.42. The van der Waals surface area contributed by atoms with Crippen LogP contribution in [-0.2, 0) is 16.8 Å². The van der Waals surface area contributed by atoms with Crippen molar-refractivity contribution in [1.82, 2.24) is 10.3 Å². The van der Waals surface area contributed by atoms with E-state index in [9.17, 15) is 19.4 Å². The highest BCUT2D eigenvalue weighted by atomic mass is 19.1. The third-order valence-corrected chi connectivity index (χ3v) is 4.96. The number of aliphatic hydroxyl groups is 1. The topological polar surface area (TPSA) is 82.5 Å². The standard InChI is InChI=1S/C20H23FN2O3/c21-15-4-1-14(2-5-15)3-8-19(25)23-16-9-11-20(26,12-10-16)18-7-6-17(24)13-22-18/h1-2,4-7,13,16,24,26H,3,8-12H2,(H,23,25). The van der Waals surface area contributed by atoms with Crippen LogP contribution in [0, 0.1) is 5.82 Å². The highest BCUT2D eigenvalue weighted by molar-refractivity contribution is 5.76. The number of aromatic hydroxyl groups is 1. The van der Waals surface area contributed by atoms with Crippen LogP contribution in [0.3, 0.4) is 0 Å². The molecular formula is C20H23FN2O3. The fraction of sp³-hybridized carbons (Fsp3) is 0.400. The summed E-state index contributed by atoms with van der Waals surface area (Å²) in [5.74, 6) is -0.247. The smallest absolute Gasteiger partial charge is 0.220 e. The van der Waals surface area contributed by atoms with Crippen molar-refractivity contribution in [3.8, 4) is 5.75 Å². The van der Waals surface area contributed by atoms with Gasteiger partial charge < -0.3 is 15.5 Å². The van der Waals surface area contributed by atoms with E-state index in [0.29, 0.717) is 44.2 Å². The molecule has 0 bridgehead atoms. The molecule has 1 aliphatic carbocycles. The Balaban J connectivity index is 1.46. The predicted molar refractivity (Wildman–Crippen MR) is 94.9 cm³/mol. The second-order valence-corrected chi connectivity index (χ2v) is 6.90. The number of carbonyl (C=O) groups excluding carboxylic acids is 1. The van der Waals surface area contributed by atoms with E-state index in [1.165, 1.54) is 24.4 Å². The van der Waals surface area contributed by atoms with Crippen LogP contribution in [0.4, 0.5) is 4.39 Å². The van der Waals surface area contributed by atoms with Crippen molar-refractivity contribution in [1.29, 1.82) is 0 Å². The second-order valence-electron chi connectivity index (χ2n) is 6.90. The molecule has 1 aromatic heterocycles. The van der Waals surface area contributed by atoms with Gasteiger partial charge in [-0.1, -0.05) is 12.1 Å². The number of nitrogens with zero attached hydrogens (tertiary/aromatic N) is 1. The van der Waals surface area contributed by atoms with Crippen molar-refractivity contribution in [3.63, 3.8) is 0 Å². The summed E-state index contributed by atoms with van der Waals surface area (Å²) in [6.07, 6.45) is 4.60. The van der Waals surface area contributed by atoms with E-state index in [1.807, 2.05) is 0 Å². The third kappa shape index (κ3) is 4.58. The molecule has 1 aliphatic rings. The van der Waals surface area contributed by atoms with Gasteiger partial charge in [-0.05, 0) is 61.9 Å². The van der Waals surface area contributed by atoms with Crippen LogP contribution in [0.1, 0.15) is 43.4 Å². The Hall–Kier alpha value is -2.47. The molecule has 0 aliphatic heterocycles. The van der Waals surface area contributed by atoms with Crippen LogP contribution in [-0.4, -0.2) is 27.1 Å². The Bertz CT molecular complexity index is 739. The van der Waals surface area contributed by atoms with Crippen molar-refractivity contribution < 1.29 is 19.4 Å². The Kier molecular flexibility index (Phi) is 5.52. The molecule has 6 heteroatoms. The molecule has 1 amide bonds. The molecule has 1 aromatic carbocycles. The van der Waals surface area contributed by atoms with Crippen molar-refractivity contribution in [2.75, 3.05) is 0 Å². The number of halogens is 1. The summed E-state index contributed by atoms with van der Waals surface area (Å²) in [4.78, 5) is 16.2. The highest BCUT2D eigenvalue weighted by Gasteiger charge is 2.36. The van der Waals surface area contributed by atoms with Gasteiger partial charge in [0.15, 0.2) is 0 Å². The highest BCUT2D eigenvalue weighted by Crippen LogP contribution is 2.36. The number of benzene rings is 1. The first-order valence-corrected chi connectivity index (χ1v) is 8.86. The van der Waals surface area contributed by atoms with Gasteiger partial charge in [0.1, 0.15) is 17.2 Å². The Labute approximate surface area is 151 Å². The average Bonchev–Trinajstić information content (AvgIpc) is 2.64. The van der Waals surface area contributed by atoms with Crippen LogP contribution in [0.5, 0.6) is 5.75 Å². The first-order valence-electron chi connectivity index (χ1n) is 8.86. The van der Waals surface area contributed by atoms with Crippen molar-refractivity contribution in [2.24, 2.45) is 0 Å². The van der Waals surface area contributed by atoms with E-state index in [1.54, 1.807) is 18.2 Å². The van der Waals surface area contributed by atoms with E-state index in [2.05, 4.69) is 10.3 Å². The molecule has 3 N–H and O–H groups in total. The average molecular weight is 358 g/mol. The lowest BCUT2D eigenvalue weighted by molar-refractivity contribution is -0.122. The first kappa shape index (κ1) is 18.3. The SMILES string of the molecule is O=C(CCc1ccc(F)cc1)NC1CCC(O)(c2ccc(O)cn2)CC1. The third-order valence-electron chi connectivity index (χ3n) is 4.96. The molecule has 0 saturated heterocycles. The van der Waals surface area contributed by atoms with Gasteiger partial charge >= 0.3 is 0 Å². The molecule has 0 radical (unpaired) electrons. The molecule has 138 valence electrons. The van der Waals surface area contributed by atoms with Gasteiger partial charge in [0, 0.05) is 12.5 Å². The number of hydrogen-bond acceptors (Lipinski definition) is 4. The van der Waals surface area contributed by atoms with Gasteiger partial charge in [-0.15, -0.1) is 0 Å². The maximum absolute atomic E-state index is 12.9. The van der Waals surface area contributed by atoms with Crippen molar-refractivity contribution in [3.05, 3.63) is 59.7 Å². The van der Waals surface area contributed by atoms with Crippen LogP contribution < -0.4 is 5.32 Å². The van der Waals surface area contributed by atoms with Crippen LogP contribution in [0.15, 0.2) is 42.6 Å². The number of rotatable bonds is 5. The van der Waals surface area contributed by atoms with E-state index in [4.69, 9.17) is 0 Å². The summed E-state index contributed by atoms with van der Waals surface area (Å²) < 4.78 is 12.9. The predicted octanol–water partition coefficient (Wildman–Crippen LogP) is 2.81. The number of carbonyl (C=O) groups is 1. The van der Waals surface area contributed by atoms with E-state index >= 15 is 0 Å². The lowest BCUT2D eigenvalue weighted by atomic mass is 9.80. The fourth-order valence-corrected chi connectivity index (χ4v) is 3.37. The Morgan fingerprint density at radius 2 is 1.88 bits per heavy atom. The molecule has 0 atom stereocenters. The number of nitrogens with one attached hydrogen (secondary N) is 1. The first-order chi connectivity index (χ1) is 12.4. The molecule has 0 spiro atoms. The summed E-state index contributed by atoms with van der Waals surface area (Å²) in [7, 11) is 0. The largest absolute Gasteiger partial charge is 0.506 e. The summed E-state index contributed by atoms with van der Waals surface area (Å²) in [6, 6.07) is 9.36. The van der Waals surface area contributed by atoms with Crippen LogP contribution in [0.2, 0.25) is 0 Å². The minimum absolute atomic E-state index is 0.0347. The van der Waals surface area contributed by atoms with E-state index in [-0.39, 0.29) is 23.5 Å². The van der Waals surface area contributed by atoms with Gasteiger partial charge in [0.25, 0.3) is 0 Å². The van der Waals surface area contributed by atoms with Crippen molar-refractivity contribution in [2.45, 2.75) is 50.2 Å². The maximum atomic E-state index is 12.9.